The molecule has 0 amide bonds. The third kappa shape index (κ3) is 2.12. The molecule has 0 saturated carbocycles. The van der Waals surface area contributed by atoms with Crippen molar-refractivity contribution in [1.82, 2.24) is 9.55 Å². The van der Waals surface area contributed by atoms with E-state index in [4.69, 9.17) is 0 Å². The molecule has 100 valence electrons. The number of nitrogens with zero attached hydrogens (tertiary/aromatic N) is 2. The van der Waals surface area contributed by atoms with Crippen LogP contribution in [0.15, 0.2) is 33.9 Å². The maximum absolute atomic E-state index is 11.9. The molecule has 2 N–H and O–H groups in total. The number of aromatic nitrogens is 2. The van der Waals surface area contributed by atoms with Gasteiger partial charge in [0, 0.05) is 14.1 Å². The summed E-state index contributed by atoms with van der Waals surface area (Å²) in [6.45, 7) is 1.46. The summed E-state index contributed by atoms with van der Waals surface area (Å²) in [7, 11) is 3.67. The van der Waals surface area contributed by atoms with Crippen LogP contribution in [0.1, 0.15) is 5.56 Å². The van der Waals surface area contributed by atoms with Gasteiger partial charge in [0.1, 0.15) is 0 Å². The summed E-state index contributed by atoms with van der Waals surface area (Å²) in [5.74, 6) is -0.344. The number of rotatable bonds is 2. The molecule has 0 aliphatic rings. The van der Waals surface area contributed by atoms with Crippen LogP contribution in [0.5, 0.6) is 5.88 Å². The van der Waals surface area contributed by atoms with Gasteiger partial charge in [0.25, 0.3) is 5.56 Å². The summed E-state index contributed by atoms with van der Waals surface area (Å²) in [4.78, 5) is 27.3. The van der Waals surface area contributed by atoms with Crippen LogP contribution in [0.25, 0.3) is 5.69 Å². The molecule has 6 heteroatoms. The normalized spacial score (nSPS) is 10.5. The van der Waals surface area contributed by atoms with Gasteiger partial charge in [-0.15, -0.1) is 0 Å². The Labute approximate surface area is 109 Å². The summed E-state index contributed by atoms with van der Waals surface area (Å²) < 4.78 is 1.09. The van der Waals surface area contributed by atoms with Crippen LogP contribution in [0, 0.1) is 6.92 Å². The fraction of sp³-hybridized carbons (Fsp3) is 0.231. The van der Waals surface area contributed by atoms with E-state index in [1.807, 2.05) is 31.1 Å². The van der Waals surface area contributed by atoms with E-state index in [1.165, 1.54) is 6.92 Å². The van der Waals surface area contributed by atoms with Gasteiger partial charge in [-0.1, -0.05) is 12.1 Å². The van der Waals surface area contributed by atoms with Crippen LogP contribution >= 0.6 is 0 Å². The molecule has 0 aliphatic carbocycles. The topological polar surface area (TPSA) is 78.3 Å². The van der Waals surface area contributed by atoms with E-state index in [2.05, 4.69) is 4.98 Å². The fourth-order valence-electron chi connectivity index (χ4n) is 1.87. The first-order valence-corrected chi connectivity index (χ1v) is 5.75. The minimum Gasteiger partial charge on any atom is -0.494 e. The van der Waals surface area contributed by atoms with E-state index in [-0.39, 0.29) is 11.4 Å². The number of para-hydroxylation sites is 2. The average Bonchev–Trinajstić information content (AvgIpc) is 2.36. The average molecular weight is 261 g/mol. The first-order chi connectivity index (χ1) is 8.93. The number of aromatic hydroxyl groups is 1. The molecule has 1 aromatic heterocycles. The number of nitrogens with one attached hydrogen (secondary N) is 1. The van der Waals surface area contributed by atoms with Crippen molar-refractivity contribution in [3.05, 3.63) is 50.7 Å². The van der Waals surface area contributed by atoms with Crippen LogP contribution in [0.2, 0.25) is 0 Å². The molecule has 0 radical (unpaired) electrons. The molecular formula is C13H15N3O3. The minimum atomic E-state index is -0.664. The Morgan fingerprint density at radius 2 is 1.84 bits per heavy atom. The summed E-state index contributed by atoms with van der Waals surface area (Å²) in [5.41, 5.74) is 0.123. The van der Waals surface area contributed by atoms with Gasteiger partial charge < -0.3 is 10.0 Å². The molecule has 0 bridgehead atoms. The third-order valence-corrected chi connectivity index (χ3v) is 2.92. The van der Waals surface area contributed by atoms with Gasteiger partial charge in [-0.3, -0.25) is 9.78 Å². The Morgan fingerprint density at radius 1 is 1.21 bits per heavy atom. The van der Waals surface area contributed by atoms with Crippen molar-refractivity contribution in [1.29, 1.82) is 0 Å². The van der Waals surface area contributed by atoms with E-state index in [0.29, 0.717) is 5.69 Å². The largest absolute Gasteiger partial charge is 0.494 e. The molecule has 0 unspecified atom stereocenters. The second kappa shape index (κ2) is 4.64. The lowest BCUT2D eigenvalue weighted by Crippen LogP contribution is -2.31. The van der Waals surface area contributed by atoms with Gasteiger partial charge in [0.05, 0.1) is 16.9 Å². The fourth-order valence-corrected chi connectivity index (χ4v) is 1.87. The van der Waals surface area contributed by atoms with Crippen molar-refractivity contribution < 1.29 is 5.11 Å². The smallest absolute Gasteiger partial charge is 0.335 e. The number of hydrogen-bond acceptors (Lipinski definition) is 4. The lowest BCUT2D eigenvalue weighted by molar-refractivity contribution is 0.426. The van der Waals surface area contributed by atoms with Crippen molar-refractivity contribution in [3.63, 3.8) is 0 Å². The molecule has 0 atom stereocenters. The Morgan fingerprint density at radius 3 is 2.47 bits per heavy atom. The van der Waals surface area contributed by atoms with Crippen molar-refractivity contribution in [2.75, 3.05) is 19.0 Å². The van der Waals surface area contributed by atoms with Crippen LogP contribution < -0.4 is 16.1 Å². The lowest BCUT2D eigenvalue weighted by atomic mass is 10.2. The van der Waals surface area contributed by atoms with Crippen molar-refractivity contribution in [3.8, 4) is 11.6 Å². The second-order valence-electron chi connectivity index (χ2n) is 4.43. The van der Waals surface area contributed by atoms with Gasteiger partial charge >= 0.3 is 5.69 Å². The lowest BCUT2D eigenvalue weighted by Gasteiger charge is -2.19. The van der Waals surface area contributed by atoms with E-state index < -0.39 is 11.2 Å². The van der Waals surface area contributed by atoms with Gasteiger partial charge in [0.2, 0.25) is 5.88 Å². The van der Waals surface area contributed by atoms with Gasteiger partial charge in [0.15, 0.2) is 0 Å². The highest BCUT2D eigenvalue weighted by Gasteiger charge is 2.15. The quantitative estimate of drug-likeness (QED) is 0.830. The molecule has 0 fully saturated rings. The Hall–Kier alpha value is -2.50. The molecule has 0 aliphatic heterocycles. The predicted molar refractivity (Wildman–Crippen MR) is 73.4 cm³/mol. The van der Waals surface area contributed by atoms with Crippen LogP contribution in [-0.4, -0.2) is 28.8 Å². The summed E-state index contributed by atoms with van der Waals surface area (Å²) >= 11 is 0. The Bertz CT molecular complexity index is 729. The molecule has 19 heavy (non-hydrogen) atoms. The van der Waals surface area contributed by atoms with Crippen LogP contribution in [-0.2, 0) is 0 Å². The summed E-state index contributed by atoms with van der Waals surface area (Å²) in [5, 5.41) is 10.0. The summed E-state index contributed by atoms with van der Waals surface area (Å²) in [6.07, 6.45) is 0. The van der Waals surface area contributed by atoms with Gasteiger partial charge in [-0.2, -0.15) is 0 Å². The highest BCUT2D eigenvalue weighted by Crippen LogP contribution is 2.24. The molecule has 1 aromatic carbocycles. The molecule has 0 spiro atoms. The second-order valence-corrected chi connectivity index (χ2v) is 4.43. The summed E-state index contributed by atoms with van der Waals surface area (Å²) in [6, 6.07) is 7.12. The molecule has 2 rings (SSSR count). The van der Waals surface area contributed by atoms with E-state index in [1.54, 1.807) is 12.1 Å². The predicted octanol–water partition coefficient (Wildman–Crippen LogP) is 0.606. The first-order valence-electron chi connectivity index (χ1n) is 5.75. The van der Waals surface area contributed by atoms with E-state index >= 15 is 0 Å². The number of H-pyrrole nitrogens is 1. The molecular weight excluding hydrogens is 246 g/mol. The maximum atomic E-state index is 11.9. The number of hydrogen-bond donors (Lipinski definition) is 2. The van der Waals surface area contributed by atoms with Crippen molar-refractivity contribution in [2.24, 2.45) is 0 Å². The zero-order chi connectivity index (χ0) is 14.2. The molecule has 1 heterocycles. The zero-order valence-electron chi connectivity index (χ0n) is 11.0. The number of aromatic amines is 1. The van der Waals surface area contributed by atoms with Crippen molar-refractivity contribution >= 4 is 5.69 Å². The molecule has 2 aromatic rings. The van der Waals surface area contributed by atoms with Gasteiger partial charge in [-0.25, -0.2) is 9.36 Å². The molecule has 0 saturated heterocycles. The number of benzene rings is 1. The van der Waals surface area contributed by atoms with Crippen LogP contribution in [0.4, 0.5) is 5.69 Å². The minimum absolute atomic E-state index is 0.105. The van der Waals surface area contributed by atoms with E-state index in [0.717, 1.165) is 10.3 Å². The Kier molecular flexibility index (Phi) is 3.16. The monoisotopic (exact) mass is 261 g/mol. The van der Waals surface area contributed by atoms with E-state index in [9.17, 15) is 14.7 Å². The standard InChI is InChI=1S/C13H15N3O3/c1-8-11(17)14-13(19)16(12(8)18)10-7-5-4-6-9(10)15(2)3/h4-7,18H,1-3H3,(H,14,17,19). The number of anilines is 1. The third-order valence-electron chi connectivity index (χ3n) is 2.92. The zero-order valence-corrected chi connectivity index (χ0v) is 11.0. The van der Waals surface area contributed by atoms with Gasteiger partial charge in [-0.05, 0) is 19.1 Å². The maximum Gasteiger partial charge on any atom is 0.335 e. The Balaban J connectivity index is 2.84. The highest BCUT2D eigenvalue weighted by molar-refractivity contribution is 5.63. The SMILES string of the molecule is Cc1c(O)n(-c2ccccc2N(C)C)c(=O)[nH]c1=O. The molecule has 6 nitrogen and oxygen atoms in total. The van der Waals surface area contributed by atoms with Crippen molar-refractivity contribution in [2.45, 2.75) is 6.92 Å². The van der Waals surface area contributed by atoms with Crippen LogP contribution in [0.3, 0.4) is 0 Å². The first kappa shape index (κ1) is 12.9. The highest BCUT2D eigenvalue weighted by atomic mass is 16.3.